The smallest absolute Gasteiger partial charge is 0.256 e. The Morgan fingerprint density at radius 3 is 2.82 bits per heavy atom. The predicted molar refractivity (Wildman–Crippen MR) is 88.9 cm³/mol. The van der Waals surface area contributed by atoms with Crippen LogP contribution in [0.5, 0.6) is 0 Å². The second kappa shape index (κ2) is 6.88. The summed E-state index contributed by atoms with van der Waals surface area (Å²) in [4.78, 5) is 19.2. The Bertz CT molecular complexity index is 642. The quantitative estimate of drug-likeness (QED) is 0.943. The van der Waals surface area contributed by atoms with Gasteiger partial charge in [0.1, 0.15) is 0 Å². The Hall–Kier alpha value is -1.94. The number of hydrogen-bond acceptors (Lipinski definition) is 3. The summed E-state index contributed by atoms with van der Waals surface area (Å²) >= 11 is 0. The standard InChI is InChI=1S/C18H23N3O/c1-2-19-13-14-8-11-21(12-9-14)18(22)16-7-3-5-15-6-4-10-20-17(15)16/h3-7,10,14,19H,2,8-9,11-13H2,1H3. The molecule has 1 aromatic carbocycles. The van der Waals surface area contributed by atoms with Gasteiger partial charge in [0, 0.05) is 24.7 Å². The van der Waals surface area contributed by atoms with Crippen molar-refractivity contribution < 1.29 is 4.79 Å². The fourth-order valence-electron chi connectivity index (χ4n) is 3.14. The number of hydrogen-bond donors (Lipinski definition) is 1. The number of likely N-dealkylation sites (tertiary alicyclic amines) is 1. The Balaban J connectivity index is 1.72. The van der Waals surface area contributed by atoms with E-state index in [1.807, 2.05) is 35.2 Å². The van der Waals surface area contributed by atoms with Gasteiger partial charge in [-0.2, -0.15) is 0 Å². The lowest BCUT2D eigenvalue weighted by Gasteiger charge is -2.32. The van der Waals surface area contributed by atoms with Crippen LogP contribution in [-0.2, 0) is 0 Å². The molecule has 1 N–H and O–H groups in total. The third-order valence-electron chi connectivity index (χ3n) is 4.45. The van der Waals surface area contributed by atoms with Gasteiger partial charge in [-0.3, -0.25) is 9.78 Å². The molecule has 0 atom stereocenters. The molecule has 22 heavy (non-hydrogen) atoms. The number of fused-ring (bicyclic) bond motifs is 1. The maximum Gasteiger partial charge on any atom is 0.256 e. The minimum absolute atomic E-state index is 0.117. The van der Waals surface area contributed by atoms with Crippen LogP contribution in [0.1, 0.15) is 30.1 Å². The third-order valence-corrected chi connectivity index (χ3v) is 4.45. The molecule has 0 spiro atoms. The van der Waals surface area contributed by atoms with Crippen molar-refractivity contribution in [1.29, 1.82) is 0 Å². The lowest BCUT2D eigenvalue weighted by molar-refractivity contribution is 0.0692. The summed E-state index contributed by atoms with van der Waals surface area (Å²) in [6.07, 6.45) is 3.91. The average Bonchev–Trinajstić information content (AvgIpc) is 2.59. The first-order valence-electron chi connectivity index (χ1n) is 8.13. The highest BCUT2D eigenvalue weighted by atomic mass is 16.2. The van der Waals surface area contributed by atoms with Gasteiger partial charge in [0.25, 0.3) is 5.91 Å². The summed E-state index contributed by atoms with van der Waals surface area (Å²) in [5, 5.41) is 4.43. The van der Waals surface area contributed by atoms with Crippen molar-refractivity contribution in [3.63, 3.8) is 0 Å². The highest BCUT2D eigenvalue weighted by molar-refractivity contribution is 6.05. The van der Waals surface area contributed by atoms with Gasteiger partial charge in [-0.15, -0.1) is 0 Å². The molecule has 3 rings (SSSR count). The number of para-hydroxylation sites is 1. The fraction of sp³-hybridized carbons (Fsp3) is 0.444. The largest absolute Gasteiger partial charge is 0.339 e. The second-order valence-corrected chi connectivity index (χ2v) is 5.92. The minimum Gasteiger partial charge on any atom is -0.339 e. The van der Waals surface area contributed by atoms with E-state index in [1.54, 1.807) is 6.20 Å². The Labute approximate surface area is 131 Å². The Kier molecular flexibility index (Phi) is 4.68. The summed E-state index contributed by atoms with van der Waals surface area (Å²) in [6.45, 7) is 5.90. The number of piperidine rings is 1. The Morgan fingerprint density at radius 2 is 2.05 bits per heavy atom. The molecule has 1 saturated heterocycles. The van der Waals surface area contributed by atoms with Gasteiger partial charge < -0.3 is 10.2 Å². The molecule has 1 aromatic heterocycles. The van der Waals surface area contributed by atoms with Crippen LogP contribution in [-0.4, -0.2) is 42.0 Å². The van der Waals surface area contributed by atoms with E-state index in [1.165, 1.54) is 0 Å². The van der Waals surface area contributed by atoms with E-state index < -0.39 is 0 Å². The van der Waals surface area contributed by atoms with E-state index >= 15 is 0 Å². The number of carbonyl (C=O) groups excluding carboxylic acids is 1. The van der Waals surface area contributed by atoms with Crippen molar-refractivity contribution >= 4 is 16.8 Å². The van der Waals surface area contributed by atoms with Crippen molar-refractivity contribution in [2.75, 3.05) is 26.2 Å². The van der Waals surface area contributed by atoms with Gasteiger partial charge in [0.05, 0.1) is 11.1 Å². The summed E-state index contributed by atoms with van der Waals surface area (Å²) in [7, 11) is 0. The van der Waals surface area contributed by atoms with E-state index in [-0.39, 0.29) is 5.91 Å². The number of pyridine rings is 1. The third kappa shape index (κ3) is 3.12. The molecule has 4 nitrogen and oxygen atoms in total. The van der Waals surface area contributed by atoms with Crippen molar-refractivity contribution in [1.82, 2.24) is 15.2 Å². The maximum atomic E-state index is 12.8. The lowest BCUT2D eigenvalue weighted by atomic mass is 9.96. The van der Waals surface area contributed by atoms with E-state index in [9.17, 15) is 4.79 Å². The van der Waals surface area contributed by atoms with Crippen LogP contribution >= 0.6 is 0 Å². The number of nitrogens with one attached hydrogen (secondary N) is 1. The van der Waals surface area contributed by atoms with Gasteiger partial charge >= 0.3 is 0 Å². The van der Waals surface area contributed by atoms with Gasteiger partial charge in [-0.25, -0.2) is 0 Å². The summed E-state index contributed by atoms with van der Waals surface area (Å²) < 4.78 is 0. The fourth-order valence-corrected chi connectivity index (χ4v) is 3.14. The molecule has 0 saturated carbocycles. The van der Waals surface area contributed by atoms with Crippen LogP contribution in [0.25, 0.3) is 10.9 Å². The summed E-state index contributed by atoms with van der Waals surface area (Å²) in [5.41, 5.74) is 1.54. The van der Waals surface area contributed by atoms with Crippen molar-refractivity contribution in [2.45, 2.75) is 19.8 Å². The average molecular weight is 297 g/mol. The predicted octanol–water partition coefficient (Wildman–Crippen LogP) is 2.70. The first kappa shape index (κ1) is 15.0. The van der Waals surface area contributed by atoms with E-state index in [4.69, 9.17) is 0 Å². The molecule has 0 aliphatic carbocycles. The number of benzene rings is 1. The molecule has 0 bridgehead atoms. The van der Waals surface area contributed by atoms with Crippen LogP contribution < -0.4 is 5.32 Å². The summed E-state index contributed by atoms with van der Waals surface area (Å²) in [6, 6.07) is 9.74. The molecule has 2 heterocycles. The molecule has 116 valence electrons. The van der Waals surface area contributed by atoms with Crippen LogP contribution in [0.4, 0.5) is 0 Å². The van der Waals surface area contributed by atoms with Crippen LogP contribution in [0.15, 0.2) is 36.5 Å². The second-order valence-electron chi connectivity index (χ2n) is 5.92. The summed E-state index contributed by atoms with van der Waals surface area (Å²) in [5.74, 6) is 0.806. The topological polar surface area (TPSA) is 45.2 Å². The monoisotopic (exact) mass is 297 g/mol. The molecule has 2 aromatic rings. The molecular formula is C18H23N3O. The SMILES string of the molecule is CCNCC1CCN(C(=O)c2cccc3cccnc23)CC1. The maximum absolute atomic E-state index is 12.8. The molecule has 0 radical (unpaired) electrons. The van der Waals surface area contributed by atoms with Crippen LogP contribution in [0, 0.1) is 5.92 Å². The van der Waals surface area contributed by atoms with Crippen molar-refractivity contribution in [3.8, 4) is 0 Å². The molecule has 1 aliphatic heterocycles. The first-order chi connectivity index (χ1) is 10.8. The van der Waals surface area contributed by atoms with E-state index in [0.717, 1.165) is 55.5 Å². The highest BCUT2D eigenvalue weighted by Gasteiger charge is 2.24. The zero-order valence-corrected chi connectivity index (χ0v) is 13.1. The van der Waals surface area contributed by atoms with Crippen molar-refractivity contribution in [3.05, 3.63) is 42.1 Å². The van der Waals surface area contributed by atoms with E-state index in [2.05, 4.69) is 17.2 Å². The number of carbonyl (C=O) groups is 1. The van der Waals surface area contributed by atoms with Crippen molar-refractivity contribution in [2.24, 2.45) is 5.92 Å². The molecule has 1 fully saturated rings. The normalized spacial score (nSPS) is 16.1. The van der Waals surface area contributed by atoms with Gasteiger partial charge in [0.15, 0.2) is 0 Å². The number of nitrogens with zero attached hydrogens (tertiary/aromatic N) is 2. The molecule has 0 unspecified atom stereocenters. The highest BCUT2D eigenvalue weighted by Crippen LogP contribution is 2.22. The molecule has 1 aliphatic rings. The Morgan fingerprint density at radius 1 is 1.27 bits per heavy atom. The zero-order valence-electron chi connectivity index (χ0n) is 13.1. The van der Waals surface area contributed by atoms with Gasteiger partial charge in [-0.05, 0) is 44.0 Å². The van der Waals surface area contributed by atoms with Crippen LogP contribution in [0.2, 0.25) is 0 Å². The minimum atomic E-state index is 0.117. The molecule has 1 amide bonds. The van der Waals surface area contributed by atoms with Gasteiger partial charge in [-0.1, -0.05) is 25.1 Å². The molecule has 4 heteroatoms. The lowest BCUT2D eigenvalue weighted by Crippen LogP contribution is -2.40. The van der Waals surface area contributed by atoms with Gasteiger partial charge in [0.2, 0.25) is 0 Å². The van der Waals surface area contributed by atoms with Crippen LogP contribution in [0.3, 0.4) is 0 Å². The number of rotatable bonds is 4. The molecular weight excluding hydrogens is 274 g/mol. The number of amides is 1. The number of aromatic nitrogens is 1. The zero-order chi connectivity index (χ0) is 15.4. The van der Waals surface area contributed by atoms with E-state index in [0.29, 0.717) is 5.92 Å². The first-order valence-corrected chi connectivity index (χ1v) is 8.13.